The molecule has 1 aromatic rings. The molecule has 25 heavy (non-hydrogen) atoms. The Labute approximate surface area is 148 Å². The van der Waals surface area contributed by atoms with Gasteiger partial charge in [0.05, 0.1) is 5.69 Å². The van der Waals surface area contributed by atoms with E-state index in [9.17, 15) is 18.3 Å². The molecule has 1 aromatic carbocycles. The van der Waals surface area contributed by atoms with Gasteiger partial charge in [-0.2, -0.15) is 12.8 Å². The van der Waals surface area contributed by atoms with E-state index in [1.807, 2.05) is 6.07 Å². The van der Waals surface area contributed by atoms with Gasteiger partial charge < -0.3 is 19.6 Å². The zero-order valence-corrected chi connectivity index (χ0v) is 15.4. The smallest absolute Gasteiger partial charge is 0.337 e. The molecule has 1 aliphatic heterocycles. The van der Waals surface area contributed by atoms with Gasteiger partial charge in [0, 0.05) is 38.9 Å². The molecule has 9 heteroatoms. The molecule has 0 aromatic heterocycles. The number of anilines is 2. The highest BCUT2D eigenvalue weighted by Crippen LogP contribution is 2.41. The molecule has 0 spiro atoms. The first-order valence-electron chi connectivity index (χ1n) is 8.10. The van der Waals surface area contributed by atoms with Gasteiger partial charge in [0.1, 0.15) is 0 Å². The van der Waals surface area contributed by atoms with Gasteiger partial charge in [-0.25, -0.2) is 4.79 Å². The molecular weight excluding hydrogens is 346 g/mol. The number of carbonyl (C=O) groups excluding carboxylic acids is 1. The minimum Gasteiger partial charge on any atom is -0.504 e. The molecular formula is C16H23N3O5S. The maximum Gasteiger partial charge on any atom is 0.337 e. The number of rotatable bonds is 5. The summed E-state index contributed by atoms with van der Waals surface area (Å²) >= 11 is 0. The number of hydrogen-bond acceptors (Lipinski definition) is 8. The van der Waals surface area contributed by atoms with Crippen molar-refractivity contribution in [2.45, 2.75) is 32.2 Å². The Kier molecular flexibility index (Phi) is 6.24. The molecule has 0 aliphatic carbocycles. The van der Waals surface area contributed by atoms with Crippen LogP contribution in [0.3, 0.4) is 0 Å². The van der Waals surface area contributed by atoms with Crippen molar-refractivity contribution >= 4 is 27.8 Å². The van der Waals surface area contributed by atoms with Crippen LogP contribution in [0.4, 0.5) is 11.4 Å². The lowest BCUT2D eigenvalue weighted by Gasteiger charge is -2.30. The van der Waals surface area contributed by atoms with Crippen molar-refractivity contribution in [1.29, 1.82) is 0 Å². The standard InChI is InChI=1S/C16H23N3O5S/c1-11(17-25(22)23)16(21)24-15-13(18(2)3)9-12(10-14(15)20)19-7-5-4-6-8-19/h9-11,20H,4-8H2,1-3H3/t11-/m0/s1. The number of piperidine rings is 1. The van der Waals surface area contributed by atoms with E-state index >= 15 is 0 Å². The van der Waals surface area contributed by atoms with Crippen molar-refractivity contribution in [2.75, 3.05) is 37.0 Å². The third-order valence-corrected chi connectivity index (χ3v) is 4.51. The Morgan fingerprint density at radius 3 is 2.48 bits per heavy atom. The Hall–Kier alpha value is -2.29. The molecule has 1 atom stereocenters. The predicted molar refractivity (Wildman–Crippen MR) is 94.9 cm³/mol. The topological polar surface area (TPSA) is 99.5 Å². The highest BCUT2D eigenvalue weighted by Gasteiger charge is 2.23. The molecule has 1 aliphatic rings. The zero-order valence-electron chi connectivity index (χ0n) is 14.6. The van der Waals surface area contributed by atoms with E-state index in [4.69, 9.17) is 4.74 Å². The Bertz CT molecular complexity index is 762. The van der Waals surface area contributed by atoms with E-state index in [1.54, 1.807) is 25.1 Å². The van der Waals surface area contributed by atoms with Crippen LogP contribution in [0.1, 0.15) is 26.2 Å². The summed E-state index contributed by atoms with van der Waals surface area (Å²) in [6.45, 7) is 3.14. The van der Waals surface area contributed by atoms with E-state index in [1.165, 1.54) is 13.3 Å². The van der Waals surface area contributed by atoms with Crippen LogP contribution in [0, 0.1) is 0 Å². The maximum absolute atomic E-state index is 12.0. The number of hydrogen-bond donors (Lipinski definition) is 1. The summed E-state index contributed by atoms with van der Waals surface area (Å²) in [7, 11) is 0.835. The fraction of sp³-hybridized carbons (Fsp3) is 0.562. The Balaban J connectivity index is 2.34. The average molecular weight is 369 g/mol. The van der Waals surface area contributed by atoms with Crippen LogP contribution in [0.2, 0.25) is 0 Å². The van der Waals surface area contributed by atoms with Crippen molar-refractivity contribution in [1.82, 2.24) is 0 Å². The second kappa shape index (κ2) is 8.19. The van der Waals surface area contributed by atoms with Crippen LogP contribution in [-0.4, -0.2) is 52.7 Å². The number of esters is 1. The maximum atomic E-state index is 12.0. The lowest BCUT2D eigenvalue weighted by molar-refractivity contribution is -0.135. The summed E-state index contributed by atoms with van der Waals surface area (Å²) in [4.78, 5) is 15.9. The van der Waals surface area contributed by atoms with E-state index < -0.39 is 22.5 Å². The van der Waals surface area contributed by atoms with Crippen LogP contribution in [-0.2, 0) is 15.3 Å². The van der Waals surface area contributed by atoms with Crippen LogP contribution >= 0.6 is 0 Å². The van der Waals surface area contributed by atoms with Crippen molar-refractivity contribution in [3.05, 3.63) is 12.1 Å². The number of phenolic OH excluding ortho intramolecular Hbond substituents is 1. The molecule has 0 radical (unpaired) electrons. The number of phenols is 1. The number of aromatic hydroxyl groups is 1. The highest BCUT2D eigenvalue weighted by atomic mass is 32.2. The number of benzene rings is 1. The molecule has 0 saturated carbocycles. The van der Waals surface area contributed by atoms with Gasteiger partial charge in [-0.3, -0.25) is 0 Å². The van der Waals surface area contributed by atoms with Gasteiger partial charge in [0.15, 0.2) is 17.5 Å². The molecule has 8 nitrogen and oxygen atoms in total. The third kappa shape index (κ3) is 4.85. The molecule has 1 saturated heterocycles. The predicted octanol–water partition coefficient (Wildman–Crippen LogP) is 1.81. The second-order valence-electron chi connectivity index (χ2n) is 6.17. The summed E-state index contributed by atoms with van der Waals surface area (Å²) in [5.74, 6) is -1.03. The molecule has 1 N–H and O–H groups in total. The first-order valence-corrected chi connectivity index (χ1v) is 9.14. The molecule has 1 fully saturated rings. The molecule has 0 amide bonds. The van der Waals surface area contributed by atoms with Gasteiger partial charge in [-0.1, -0.05) is 0 Å². The van der Waals surface area contributed by atoms with Gasteiger partial charge in [0.2, 0.25) is 0 Å². The zero-order chi connectivity index (χ0) is 18.6. The summed E-state index contributed by atoms with van der Waals surface area (Å²) in [5.41, 5.74) is 1.39. The van der Waals surface area contributed by atoms with Gasteiger partial charge in [-0.15, -0.1) is 0 Å². The van der Waals surface area contributed by atoms with Crippen molar-refractivity contribution in [2.24, 2.45) is 4.36 Å². The molecule has 138 valence electrons. The minimum absolute atomic E-state index is 0.00510. The van der Waals surface area contributed by atoms with Gasteiger partial charge in [0.25, 0.3) is 0 Å². The SMILES string of the molecule is C[C@H](N=S(=O)=O)C(=O)Oc1c(O)cc(N2CCCCC2)cc1N(C)C. The number of ether oxygens (including phenoxy) is 1. The van der Waals surface area contributed by atoms with Gasteiger partial charge >= 0.3 is 16.5 Å². The van der Waals surface area contributed by atoms with Crippen molar-refractivity contribution < 1.29 is 23.1 Å². The molecule has 1 heterocycles. The molecule has 2 rings (SSSR count). The van der Waals surface area contributed by atoms with Crippen LogP contribution in [0.5, 0.6) is 11.5 Å². The summed E-state index contributed by atoms with van der Waals surface area (Å²) in [6, 6.07) is 2.23. The summed E-state index contributed by atoms with van der Waals surface area (Å²) < 4.78 is 29.6. The summed E-state index contributed by atoms with van der Waals surface area (Å²) in [5, 5.41) is 10.4. The normalized spacial score (nSPS) is 15.4. The monoisotopic (exact) mass is 369 g/mol. The van der Waals surface area contributed by atoms with Crippen molar-refractivity contribution in [3.8, 4) is 11.5 Å². The van der Waals surface area contributed by atoms with E-state index in [0.29, 0.717) is 5.69 Å². The average Bonchev–Trinajstić information content (AvgIpc) is 2.56. The number of carbonyl (C=O) groups is 1. The quantitative estimate of drug-likeness (QED) is 0.624. The molecule has 0 unspecified atom stereocenters. The van der Waals surface area contributed by atoms with E-state index in [2.05, 4.69) is 9.26 Å². The third-order valence-electron chi connectivity index (χ3n) is 4.03. The van der Waals surface area contributed by atoms with E-state index in [0.717, 1.165) is 31.6 Å². The number of nitrogens with zero attached hydrogens (tertiary/aromatic N) is 3. The Morgan fingerprint density at radius 2 is 1.92 bits per heavy atom. The van der Waals surface area contributed by atoms with Crippen LogP contribution < -0.4 is 14.5 Å². The minimum atomic E-state index is -2.71. The lowest BCUT2D eigenvalue weighted by atomic mass is 10.1. The first-order chi connectivity index (χ1) is 11.8. The fourth-order valence-electron chi connectivity index (χ4n) is 2.71. The lowest BCUT2D eigenvalue weighted by Crippen LogP contribution is -2.29. The highest BCUT2D eigenvalue weighted by molar-refractivity contribution is 7.61. The Morgan fingerprint density at radius 1 is 1.28 bits per heavy atom. The van der Waals surface area contributed by atoms with E-state index in [-0.39, 0.29) is 11.5 Å². The van der Waals surface area contributed by atoms with Crippen LogP contribution in [0.25, 0.3) is 0 Å². The fourth-order valence-corrected chi connectivity index (χ4v) is 3.06. The first kappa shape index (κ1) is 19.0. The summed E-state index contributed by atoms with van der Waals surface area (Å²) in [6.07, 6.45) is 3.39. The van der Waals surface area contributed by atoms with Crippen LogP contribution in [0.15, 0.2) is 16.5 Å². The van der Waals surface area contributed by atoms with Gasteiger partial charge in [-0.05, 0) is 32.3 Å². The van der Waals surface area contributed by atoms with Crippen molar-refractivity contribution in [3.63, 3.8) is 0 Å². The second-order valence-corrected chi connectivity index (χ2v) is 6.82. The molecule has 0 bridgehead atoms. The largest absolute Gasteiger partial charge is 0.504 e.